The third-order valence-corrected chi connectivity index (χ3v) is 8.14. The second-order valence-electron chi connectivity index (χ2n) is 9.00. The first-order valence-corrected chi connectivity index (χ1v) is 12.7. The Bertz CT molecular complexity index is 919. The van der Waals surface area contributed by atoms with E-state index in [-0.39, 0.29) is 34.9 Å². The molecule has 3 rings (SSSR count). The third-order valence-electron chi connectivity index (χ3n) is 5.08. The molecule has 2 aliphatic heterocycles. The molecule has 2 aliphatic rings. The molecule has 2 amide bonds. The fraction of sp³-hybridized carbons (Fsp3) is 0.619. The highest BCUT2D eigenvalue weighted by Gasteiger charge is 2.32. The van der Waals surface area contributed by atoms with Crippen LogP contribution in [0.5, 0.6) is 0 Å². The fourth-order valence-electron chi connectivity index (χ4n) is 3.75. The molecule has 0 aliphatic carbocycles. The molecule has 1 aromatic rings. The summed E-state index contributed by atoms with van der Waals surface area (Å²) in [6.45, 7) is 8.50. The standard InChI is InChI=1S/C21H31N3O4S2/c1-15-12-20(26)24(14-19(25)22-21(2,3)4)17-13-16(8-9-18(17)29-15)30(27,28)23-10-6-5-7-11-23/h8-9,13,15H,5-7,10-12,14H2,1-4H3,(H,22,25)/t15-/m1/s1. The van der Waals surface area contributed by atoms with Crippen LogP contribution in [0, 0.1) is 0 Å². The van der Waals surface area contributed by atoms with Gasteiger partial charge in [0.2, 0.25) is 21.8 Å². The van der Waals surface area contributed by atoms with E-state index in [2.05, 4.69) is 5.32 Å². The van der Waals surface area contributed by atoms with Gasteiger partial charge < -0.3 is 10.2 Å². The van der Waals surface area contributed by atoms with Gasteiger partial charge in [-0.1, -0.05) is 13.3 Å². The van der Waals surface area contributed by atoms with Gasteiger partial charge in [0, 0.05) is 35.2 Å². The molecule has 2 heterocycles. The van der Waals surface area contributed by atoms with Crippen LogP contribution in [0.4, 0.5) is 5.69 Å². The molecule has 0 aromatic heterocycles. The monoisotopic (exact) mass is 453 g/mol. The van der Waals surface area contributed by atoms with Crippen molar-refractivity contribution in [3.05, 3.63) is 18.2 Å². The normalized spacial score (nSPS) is 21.1. The van der Waals surface area contributed by atoms with E-state index in [1.807, 2.05) is 27.7 Å². The number of fused-ring (bicyclic) bond motifs is 1. The van der Waals surface area contributed by atoms with Crippen molar-refractivity contribution in [3.63, 3.8) is 0 Å². The number of carbonyl (C=O) groups excluding carboxylic acids is 2. The van der Waals surface area contributed by atoms with Gasteiger partial charge >= 0.3 is 0 Å². The number of hydrogen-bond acceptors (Lipinski definition) is 5. The quantitative estimate of drug-likeness (QED) is 0.757. The minimum Gasteiger partial charge on any atom is -0.350 e. The molecule has 1 N–H and O–H groups in total. The van der Waals surface area contributed by atoms with Crippen LogP contribution in [0.25, 0.3) is 0 Å². The number of nitrogens with one attached hydrogen (secondary N) is 1. The van der Waals surface area contributed by atoms with Gasteiger partial charge in [-0.05, 0) is 51.8 Å². The Kier molecular flexibility index (Phi) is 6.84. The maximum absolute atomic E-state index is 13.2. The molecule has 0 unspecified atom stereocenters. The lowest BCUT2D eigenvalue weighted by Gasteiger charge is -2.28. The van der Waals surface area contributed by atoms with Gasteiger partial charge in [-0.15, -0.1) is 11.8 Å². The van der Waals surface area contributed by atoms with Crippen molar-refractivity contribution in [2.45, 2.75) is 74.0 Å². The van der Waals surface area contributed by atoms with E-state index in [9.17, 15) is 18.0 Å². The van der Waals surface area contributed by atoms with Crippen LogP contribution in [0.15, 0.2) is 28.0 Å². The lowest BCUT2D eigenvalue weighted by Crippen LogP contribution is -2.47. The molecule has 166 valence electrons. The summed E-state index contributed by atoms with van der Waals surface area (Å²) in [6.07, 6.45) is 3.04. The lowest BCUT2D eigenvalue weighted by molar-refractivity contribution is -0.124. The van der Waals surface area contributed by atoms with Crippen molar-refractivity contribution in [1.82, 2.24) is 9.62 Å². The van der Waals surface area contributed by atoms with E-state index in [1.165, 1.54) is 21.0 Å². The number of carbonyl (C=O) groups is 2. The number of thioether (sulfide) groups is 1. The number of sulfonamides is 1. The highest BCUT2D eigenvalue weighted by Crippen LogP contribution is 2.39. The zero-order valence-corrected chi connectivity index (χ0v) is 19.7. The predicted octanol–water partition coefficient (Wildman–Crippen LogP) is 2.99. The number of benzene rings is 1. The van der Waals surface area contributed by atoms with E-state index in [0.717, 1.165) is 24.2 Å². The molecule has 1 fully saturated rings. The van der Waals surface area contributed by atoms with Crippen LogP contribution in [0.2, 0.25) is 0 Å². The number of amides is 2. The van der Waals surface area contributed by atoms with Gasteiger partial charge in [0.1, 0.15) is 6.54 Å². The first-order chi connectivity index (χ1) is 14.0. The van der Waals surface area contributed by atoms with Crippen molar-refractivity contribution in [2.75, 3.05) is 24.5 Å². The Morgan fingerprint density at radius 1 is 1.20 bits per heavy atom. The Hall–Kier alpha value is -1.58. The van der Waals surface area contributed by atoms with Gasteiger partial charge in [0.25, 0.3) is 0 Å². The summed E-state index contributed by atoms with van der Waals surface area (Å²) in [5.41, 5.74) is 0.0764. The van der Waals surface area contributed by atoms with E-state index < -0.39 is 15.6 Å². The third kappa shape index (κ3) is 5.36. The summed E-state index contributed by atoms with van der Waals surface area (Å²) in [7, 11) is -3.63. The fourth-order valence-corrected chi connectivity index (χ4v) is 6.38. The van der Waals surface area contributed by atoms with E-state index in [1.54, 1.807) is 18.2 Å². The topological polar surface area (TPSA) is 86.8 Å². The number of piperidine rings is 1. The molecule has 0 spiro atoms. The first kappa shape index (κ1) is 23.1. The summed E-state index contributed by atoms with van der Waals surface area (Å²) in [5.74, 6) is -0.448. The second kappa shape index (κ2) is 8.88. The van der Waals surface area contributed by atoms with Crippen LogP contribution < -0.4 is 10.2 Å². The van der Waals surface area contributed by atoms with Crippen LogP contribution in [-0.2, 0) is 19.6 Å². The molecule has 1 saturated heterocycles. The Balaban J connectivity index is 1.97. The summed E-state index contributed by atoms with van der Waals surface area (Å²) in [4.78, 5) is 27.9. The Morgan fingerprint density at radius 3 is 2.50 bits per heavy atom. The van der Waals surface area contributed by atoms with Crippen LogP contribution in [-0.4, -0.2) is 55.0 Å². The molecule has 0 saturated carbocycles. The number of nitrogens with zero attached hydrogens (tertiary/aromatic N) is 2. The maximum Gasteiger partial charge on any atom is 0.243 e. The zero-order valence-electron chi connectivity index (χ0n) is 18.1. The minimum atomic E-state index is -3.63. The summed E-state index contributed by atoms with van der Waals surface area (Å²) in [5, 5.41) is 2.92. The molecule has 1 atom stereocenters. The predicted molar refractivity (Wildman–Crippen MR) is 119 cm³/mol. The van der Waals surface area contributed by atoms with E-state index >= 15 is 0 Å². The van der Waals surface area contributed by atoms with Crippen molar-refractivity contribution in [1.29, 1.82) is 0 Å². The van der Waals surface area contributed by atoms with E-state index in [4.69, 9.17) is 0 Å². The average Bonchev–Trinajstić information content (AvgIpc) is 2.76. The highest BCUT2D eigenvalue weighted by molar-refractivity contribution is 8.00. The van der Waals surface area contributed by atoms with Crippen LogP contribution >= 0.6 is 11.8 Å². The molecule has 0 bridgehead atoms. The van der Waals surface area contributed by atoms with Crippen LogP contribution in [0.1, 0.15) is 53.4 Å². The van der Waals surface area contributed by atoms with Gasteiger partial charge in [0.05, 0.1) is 10.6 Å². The summed E-state index contributed by atoms with van der Waals surface area (Å²) in [6, 6.07) is 4.94. The number of anilines is 1. The highest BCUT2D eigenvalue weighted by atomic mass is 32.2. The van der Waals surface area contributed by atoms with Gasteiger partial charge in [-0.2, -0.15) is 4.31 Å². The van der Waals surface area contributed by atoms with Crippen LogP contribution in [0.3, 0.4) is 0 Å². The van der Waals surface area contributed by atoms with Gasteiger partial charge in [0.15, 0.2) is 0 Å². The second-order valence-corrected chi connectivity index (χ2v) is 12.4. The molecular weight excluding hydrogens is 422 g/mol. The van der Waals surface area contributed by atoms with Gasteiger partial charge in [-0.25, -0.2) is 8.42 Å². The molecular formula is C21H31N3O4S2. The minimum absolute atomic E-state index is 0.0384. The molecule has 1 aromatic carbocycles. The molecule has 9 heteroatoms. The summed E-state index contributed by atoms with van der Waals surface area (Å²) < 4.78 is 27.8. The SMILES string of the molecule is C[C@@H]1CC(=O)N(CC(=O)NC(C)(C)C)c2cc(S(=O)(=O)N3CCCCC3)ccc2S1. The van der Waals surface area contributed by atoms with Crippen molar-refractivity contribution in [2.24, 2.45) is 0 Å². The maximum atomic E-state index is 13.2. The summed E-state index contributed by atoms with van der Waals surface area (Å²) >= 11 is 1.53. The molecule has 0 radical (unpaired) electrons. The number of hydrogen-bond donors (Lipinski definition) is 1. The number of rotatable bonds is 4. The molecule has 30 heavy (non-hydrogen) atoms. The average molecular weight is 454 g/mol. The van der Waals surface area contributed by atoms with E-state index in [0.29, 0.717) is 18.8 Å². The lowest BCUT2D eigenvalue weighted by atomic mass is 10.1. The van der Waals surface area contributed by atoms with Crippen molar-refractivity contribution in [3.8, 4) is 0 Å². The van der Waals surface area contributed by atoms with Gasteiger partial charge in [-0.3, -0.25) is 9.59 Å². The van der Waals surface area contributed by atoms with Crippen molar-refractivity contribution < 1.29 is 18.0 Å². The Labute approximate surface area is 183 Å². The van der Waals surface area contributed by atoms with Crippen molar-refractivity contribution >= 4 is 39.3 Å². The molecule has 7 nitrogen and oxygen atoms in total. The Morgan fingerprint density at radius 2 is 1.87 bits per heavy atom. The smallest absolute Gasteiger partial charge is 0.243 e. The first-order valence-electron chi connectivity index (χ1n) is 10.4. The zero-order chi connectivity index (χ0) is 22.1. The largest absolute Gasteiger partial charge is 0.350 e.